The van der Waals surface area contributed by atoms with E-state index >= 15 is 0 Å². The van der Waals surface area contributed by atoms with Crippen molar-refractivity contribution < 1.29 is 0 Å². The maximum atomic E-state index is 3.64. The van der Waals surface area contributed by atoms with Crippen LogP contribution in [0.3, 0.4) is 0 Å². The molecule has 0 bridgehead atoms. The van der Waals surface area contributed by atoms with Crippen LogP contribution in [-0.4, -0.2) is 6.04 Å². The van der Waals surface area contributed by atoms with Gasteiger partial charge in [-0.3, -0.25) is 0 Å². The Kier molecular flexibility index (Phi) is 5.26. The third-order valence-corrected chi connectivity index (χ3v) is 1.10. The third-order valence-electron chi connectivity index (χ3n) is 1.10. The summed E-state index contributed by atoms with van der Waals surface area (Å²) in [5.74, 6) is 0. The minimum absolute atomic E-state index is 0.470. The topological polar surface area (TPSA) is 12.0 Å². The van der Waals surface area contributed by atoms with Crippen molar-refractivity contribution in [3.8, 4) is 0 Å². The molecule has 0 atom stereocenters. The average Bonchev–Trinajstić information content (AvgIpc) is 1.87. The monoisotopic (exact) mass is 151 g/mol. The smallest absolute Gasteiger partial charge is 0.0338 e. The summed E-state index contributed by atoms with van der Waals surface area (Å²) < 4.78 is 0. The number of rotatable bonds is 4. The lowest BCUT2D eigenvalue weighted by Crippen LogP contribution is -2.20. The Bertz CT molecular complexity index is 164. The van der Waals surface area contributed by atoms with Crippen molar-refractivity contribution in [3.63, 3.8) is 0 Å². The summed E-state index contributed by atoms with van der Waals surface area (Å²) in [4.78, 5) is 0. The van der Waals surface area contributed by atoms with E-state index in [0.29, 0.717) is 6.04 Å². The van der Waals surface area contributed by atoms with Crippen LogP contribution >= 0.6 is 0 Å². The van der Waals surface area contributed by atoms with E-state index < -0.39 is 0 Å². The highest BCUT2D eigenvalue weighted by Gasteiger charge is 1.91. The molecule has 0 saturated carbocycles. The number of hydrogen-bond donors (Lipinski definition) is 1. The molecule has 0 aromatic rings. The van der Waals surface area contributed by atoms with Crippen molar-refractivity contribution in [3.05, 3.63) is 36.6 Å². The molecule has 0 aromatic heterocycles. The fraction of sp³-hybridized carbons (Fsp3) is 0.400. The molecule has 0 radical (unpaired) electrons. The zero-order valence-electron chi connectivity index (χ0n) is 7.59. The maximum absolute atomic E-state index is 3.64. The van der Waals surface area contributed by atoms with Crippen molar-refractivity contribution in [2.45, 2.75) is 26.8 Å². The number of hydrogen-bond acceptors (Lipinski definition) is 1. The predicted molar refractivity (Wildman–Crippen MR) is 51.4 cm³/mol. The summed E-state index contributed by atoms with van der Waals surface area (Å²) >= 11 is 0. The fourth-order valence-electron chi connectivity index (χ4n) is 0.792. The second-order valence-electron chi connectivity index (χ2n) is 2.66. The minimum Gasteiger partial charge on any atom is -0.383 e. The average molecular weight is 151 g/mol. The second-order valence-corrected chi connectivity index (χ2v) is 2.66. The summed E-state index contributed by atoms with van der Waals surface area (Å²) in [5.41, 5.74) is 1.11. The SMILES string of the molecule is C=C/C=C(\C=C/C)NC(C)C. The van der Waals surface area contributed by atoms with Crippen LogP contribution in [0.1, 0.15) is 20.8 Å². The first-order valence-corrected chi connectivity index (χ1v) is 3.92. The molecule has 62 valence electrons. The molecule has 11 heavy (non-hydrogen) atoms. The van der Waals surface area contributed by atoms with Gasteiger partial charge in [0.15, 0.2) is 0 Å². The molecule has 0 heterocycles. The fourth-order valence-corrected chi connectivity index (χ4v) is 0.792. The van der Waals surface area contributed by atoms with Crippen LogP contribution < -0.4 is 5.32 Å². The molecule has 0 saturated heterocycles. The van der Waals surface area contributed by atoms with Gasteiger partial charge in [-0.05, 0) is 32.9 Å². The highest BCUT2D eigenvalue weighted by Crippen LogP contribution is 1.94. The molecule has 0 aliphatic heterocycles. The van der Waals surface area contributed by atoms with Crippen molar-refractivity contribution in [1.29, 1.82) is 0 Å². The Morgan fingerprint density at radius 1 is 1.45 bits per heavy atom. The number of nitrogens with one attached hydrogen (secondary N) is 1. The Morgan fingerprint density at radius 2 is 2.09 bits per heavy atom. The quantitative estimate of drug-likeness (QED) is 0.609. The Hall–Kier alpha value is -0.980. The van der Waals surface area contributed by atoms with E-state index in [0.717, 1.165) is 5.70 Å². The highest BCUT2D eigenvalue weighted by molar-refractivity contribution is 5.21. The number of allylic oxidation sites excluding steroid dienone is 4. The molecule has 1 N–H and O–H groups in total. The van der Waals surface area contributed by atoms with E-state index in [1.54, 1.807) is 6.08 Å². The Morgan fingerprint density at radius 3 is 2.45 bits per heavy atom. The molecular formula is C10H17N. The zero-order chi connectivity index (χ0) is 8.69. The molecule has 0 aromatic carbocycles. The lowest BCUT2D eigenvalue weighted by molar-refractivity contribution is 0.681. The molecule has 0 rings (SSSR count). The Labute approximate surface area is 69.5 Å². The summed E-state index contributed by atoms with van der Waals surface area (Å²) in [6.07, 6.45) is 7.77. The van der Waals surface area contributed by atoms with E-state index in [1.165, 1.54) is 0 Å². The van der Waals surface area contributed by atoms with E-state index in [2.05, 4.69) is 25.7 Å². The molecule has 0 aliphatic rings. The van der Waals surface area contributed by atoms with Gasteiger partial charge in [-0.2, -0.15) is 0 Å². The van der Waals surface area contributed by atoms with E-state index in [-0.39, 0.29) is 0 Å². The molecule has 0 aliphatic carbocycles. The zero-order valence-corrected chi connectivity index (χ0v) is 7.59. The van der Waals surface area contributed by atoms with Gasteiger partial charge < -0.3 is 5.32 Å². The lowest BCUT2D eigenvalue weighted by atomic mass is 10.3. The molecule has 1 heteroatoms. The molecular weight excluding hydrogens is 134 g/mol. The van der Waals surface area contributed by atoms with Crippen LogP contribution in [0.25, 0.3) is 0 Å². The maximum Gasteiger partial charge on any atom is 0.0338 e. The van der Waals surface area contributed by atoms with E-state index in [4.69, 9.17) is 0 Å². The molecule has 0 amide bonds. The normalized spacial score (nSPS) is 12.5. The van der Waals surface area contributed by atoms with Crippen LogP contribution in [0.5, 0.6) is 0 Å². The van der Waals surface area contributed by atoms with Crippen LogP contribution in [0.15, 0.2) is 36.6 Å². The van der Waals surface area contributed by atoms with E-state index in [9.17, 15) is 0 Å². The van der Waals surface area contributed by atoms with Crippen molar-refractivity contribution in [2.75, 3.05) is 0 Å². The standard InChI is InChI=1S/C10H17N/c1-5-7-10(8-6-2)11-9(3)4/h5-9,11H,1H2,2-4H3/b8-6-,10-7+. The molecule has 0 spiro atoms. The van der Waals surface area contributed by atoms with Crippen molar-refractivity contribution in [2.24, 2.45) is 0 Å². The molecule has 1 nitrogen and oxygen atoms in total. The third kappa shape index (κ3) is 5.46. The predicted octanol–water partition coefficient (Wildman–Crippen LogP) is 2.63. The van der Waals surface area contributed by atoms with Crippen molar-refractivity contribution >= 4 is 0 Å². The van der Waals surface area contributed by atoms with Gasteiger partial charge in [-0.25, -0.2) is 0 Å². The summed E-state index contributed by atoms with van der Waals surface area (Å²) in [5, 5.41) is 3.28. The van der Waals surface area contributed by atoms with Gasteiger partial charge in [0, 0.05) is 11.7 Å². The highest BCUT2D eigenvalue weighted by atomic mass is 14.9. The van der Waals surface area contributed by atoms with Gasteiger partial charge >= 0.3 is 0 Å². The summed E-state index contributed by atoms with van der Waals surface area (Å²) in [6.45, 7) is 9.86. The van der Waals surface area contributed by atoms with Crippen LogP contribution in [0.4, 0.5) is 0 Å². The Balaban J connectivity index is 4.11. The van der Waals surface area contributed by atoms with Gasteiger partial charge in [0.05, 0.1) is 0 Å². The van der Waals surface area contributed by atoms with Gasteiger partial charge in [-0.15, -0.1) is 0 Å². The van der Waals surface area contributed by atoms with E-state index in [1.807, 2.05) is 25.2 Å². The van der Waals surface area contributed by atoms with Crippen molar-refractivity contribution in [1.82, 2.24) is 5.32 Å². The van der Waals surface area contributed by atoms with Crippen LogP contribution in [0, 0.1) is 0 Å². The molecule has 0 unspecified atom stereocenters. The lowest BCUT2D eigenvalue weighted by Gasteiger charge is -2.09. The first kappa shape index (κ1) is 10.0. The van der Waals surface area contributed by atoms with Crippen LogP contribution in [0.2, 0.25) is 0 Å². The van der Waals surface area contributed by atoms with Crippen LogP contribution in [-0.2, 0) is 0 Å². The van der Waals surface area contributed by atoms with Gasteiger partial charge in [0.1, 0.15) is 0 Å². The largest absolute Gasteiger partial charge is 0.383 e. The summed E-state index contributed by atoms with van der Waals surface area (Å²) in [7, 11) is 0. The molecule has 0 fully saturated rings. The summed E-state index contributed by atoms with van der Waals surface area (Å²) in [6, 6.07) is 0.470. The van der Waals surface area contributed by atoms with Gasteiger partial charge in [0.25, 0.3) is 0 Å². The first-order chi connectivity index (χ1) is 5.20. The first-order valence-electron chi connectivity index (χ1n) is 3.92. The minimum atomic E-state index is 0.470. The second kappa shape index (κ2) is 5.78. The van der Waals surface area contributed by atoms with Gasteiger partial charge in [-0.1, -0.05) is 18.7 Å². The van der Waals surface area contributed by atoms with Gasteiger partial charge in [0.2, 0.25) is 0 Å².